The summed E-state index contributed by atoms with van der Waals surface area (Å²) < 4.78 is 3.48. The van der Waals surface area contributed by atoms with Crippen LogP contribution in [0.2, 0.25) is 0 Å². The van der Waals surface area contributed by atoms with E-state index in [1.165, 1.54) is 28.5 Å². The lowest BCUT2D eigenvalue weighted by Crippen LogP contribution is -2.07. The first kappa shape index (κ1) is 11.8. The number of aryl methyl sites for hydroxylation is 2. The van der Waals surface area contributed by atoms with E-state index in [2.05, 4.69) is 51.8 Å². The number of halogens is 1. The molecule has 1 aliphatic rings. The molecule has 0 bridgehead atoms. The van der Waals surface area contributed by atoms with Gasteiger partial charge in [0.2, 0.25) is 0 Å². The summed E-state index contributed by atoms with van der Waals surface area (Å²) in [5.74, 6) is 0.0165. The van der Waals surface area contributed by atoms with Crippen LogP contribution in [0.25, 0.3) is 10.9 Å². The fourth-order valence-electron chi connectivity index (χ4n) is 2.92. The number of aromatic nitrogens is 1. The summed E-state index contributed by atoms with van der Waals surface area (Å²) in [6.07, 6.45) is 5.36. The lowest BCUT2D eigenvalue weighted by Gasteiger charge is -2.17. The quantitative estimate of drug-likeness (QED) is 0.810. The number of hydrogen-bond acceptors (Lipinski definition) is 1. The van der Waals surface area contributed by atoms with Crippen LogP contribution in [0.5, 0.6) is 0 Å². The van der Waals surface area contributed by atoms with Crippen LogP contribution in [-0.4, -0.2) is 4.57 Å². The van der Waals surface area contributed by atoms with Gasteiger partial charge in [-0.1, -0.05) is 13.0 Å². The van der Waals surface area contributed by atoms with Gasteiger partial charge < -0.3 is 4.57 Å². The third-order valence-corrected chi connectivity index (χ3v) is 4.47. The number of nitrogens with zero attached hydrogens (tertiary/aromatic N) is 2. The van der Waals surface area contributed by atoms with Crippen molar-refractivity contribution < 1.29 is 0 Å². The Morgan fingerprint density at radius 3 is 3.06 bits per heavy atom. The molecule has 0 N–H and O–H groups in total. The molecule has 3 heteroatoms. The molecule has 2 heterocycles. The molecule has 0 fully saturated rings. The average molecular weight is 303 g/mol. The molecule has 1 aromatic carbocycles. The van der Waals surface area contributed by atoms with Gasteiger partial charge in [-0.05, 0) is 52.4 Å². The molecular formula is C15H15BrN2. The topological polar surface area (TPSA) is 28.7 Å². The van der Waals surface area contributed by atoms with E-state index in [0.717, 1.165) is 23.9 Å². The maximum absolute atomic E-state index is 9.24. The molecule has 2 aromatic rings. The average Bonchev–Trinajstić information content (AvgIpc) is 2.70. The van der Waals surface area contributed by atoms with E-state index in [0.29, 0.717) is 0 Å². The third kappa shape index (κ3) is 1.67. The summed E-state index contributed by atoms with van der Waals surface area (Å²) in [4.78, 5) is 0. The van der Waals surface area contributed by atoms with Crippen molar-refractivity contribution in [3.05, 3.63) is 33.9 Å². The van der Waals surface area contributed by atoms with Gasteiger partial charge >= 0.3 is 0 Å². The van der Waals surface area contributed by atoms with Crippen molar-refractivity contribution >= 4 is 26.8 Å². The molecule has 2 nitrogen and oxygen atoms in total. The molecule has 1 unspecified atom stereocenters. The van der Waals surface area contributed by atoms with E-state index in [9.17, 15) is 5.26 Å². The van der Waals surface area contributed by atoms with Crippen molar-refractivity contribution in [2.24, 2.45) is 0 Å². The van der Waals surface area contributed by atoms with Gasteiger partial charge in [0.15, 0.2) is 0 Å². The van der Waals surface area contributed by atoms with Crippen LogP contribution in [0.1, 0.15) is 36.8 Å². The van der Waals surface area contributed by atoms with E-state index in [-0.39, 0.29) is 5.92 Å². The predicted molar refractivity (Wildman–Crippen MR) is 76.6 cm³/mol. The second-order valence-corrected chi connectivity index (χ2v) is 5.79. The van der Waals surface area contributed by atoms with Gasteiger partial charge in [0.1, 0.15) is 0 Å². The van der Waals surface area contributed by atoms with Crippen LogP contribution in [0.3, 0.4) is 0 Å². The first-order valence-electron chi connectivity index (χ1n) is 6.45. The molecule has 0 saturated heterocycles. The maximum atomic E-state index is 9.24. The number of rotatable bonds is 2. The second kappa shape index (κ2) is 4.44. The fraction of sp³-hybridized carbons (Fsp3) is 0.400. The van der Waals surface area contributed by atoms with Gasteiger partial charge in [0.05, 0.1) is 17.5 Å². The normalized spacial score (nSPS) is 15.6. The lowest BCUT2D eigenvalue weighted by molar-refractivity contribution is 0.634. The highest BCUT2D eigenvalue weighted by Gasteiger charge is 2.18. The van der Waals surface area contributed by atoms with E-state index in [4.69, 9.17) is 0 Å². The number of benzene rings is 1. The van der Waals surface area contributed by atoms with Crippen molar-refractivity contribution in [1.82, 2.24) is 4.57 Å². The molecule has 0 saturated carbocycles. The van der Waals surface area contributed by atoms with Crippen LogP contribution in [0.15, 0.2) is 22.8 Å². The van der Waals surface area contributed by atoms with Gasteiger partial charge in [-0.3, -0.25) is 0 Å². The van der Waals surface area contributed by atoms with Crippen LogP contribution in [-0.2, 0) is 13.0 Å². The first-order chi connectivity index (χ1) is 8.74. The van der Waals surface area contributed by atoms with Crippen molar-refractivity contribution in [3.8, 4) is 6.07 Å². The van der Waals surface area contributed by atoms with Gasteiger partial charge in [0.25, 0.3) is 0 Å². The number of hydrogen-bond donors (Lipinski definition) is 0. The van der Waals surface area contributed by atoms with Crippen molar-refractivity contribution in [2.45, 2.75) is 38.6 Å². The minimum Gasteiger partial charge on any atom is -0.346 e. The highest BCUT2D eigenvalue weighted by molar-refractivity contribution is 9.10. The molecule has 0 radical (unpaired) electrons. The third-order valence-electron chi connectivity index (χ3n) is 3.84. The molecule has 18 heavy (non-hydrogen) atoms. The SMILES string of the molecule is CCC(C#N)c1cc2c3c(c1)c(Br)cn3CCC2. The Morgan fingerprint density at radius 1 is 1.50 bits per heavy atom. The van der Waals surface area contributed by atoms with E-state index in [1.807, 2.05) is 0 Å². The molecule has 0 aliphatic carbocycles. The summed E-state index contributed by atoms with van der Waals surface area (Å²) in [6.45, 7) is 3.17. The van der Waals surface area contributed by atoms with Gasteiger partial charge in [0, 0.05) is 22.6 Å². The Hall–Kier alpha value is -1.27. The fourth-order valence-corrected chi connectivity index (χ4v) is 3.47. The predicted octanol–water partition coefficient (Wildman–Crippen LogP) is 4.37. The zero-order chi connectivity index (χ0) is 12.7. The largest absolute Gasteiger partial charge is 0.346 e. The van der Waals surface area contributed by atoms with Crippen LogP contribution >= 0.6 is 15.9 Å². The standard InChI is InChI=1S/C15H15BrN2/c1-2-10(8-17)12-6-11-4-3-5-18-9-14(16)13(7-12)15(11)18/h6-7,9-10H,2-5H2,1H3. The van der Waals surface area contributed by atoms with Gasteiger partial charge in [-0.15, -0.1) is 0 Å². The Kier molecular flexibility index (Phi) is 2.91. The first-order valence-corrected chi connectivity index (χ1v) is 7.24. The molecule has 1 aliphatic heterocycles. The second-order valence-electron chi connectivity index (χ2n) is 4.94. The molecule has 0 spiro atoms. The van der Waals surface area contributed by atoms with Crippen LogP contribution < -0.4 is 0 Å². The lowest BCUT2D eigenvalue weighted by atomic mass is 9.92. The molecule has 92 valence electrons. The molecule has 0 amide bonds. The van der Waals surface area contributed by atoms with Crippen molar-refractivity contribution in [1.29, 1.82) is 5.26 Å². The zero-order valence-electron chi connectivity index (χ0n) is 10.4. The van der Waals surface area contributed by atoms with Crippen molar-refractivity contribution in [3.63, 3.8) is 0 Å². The molecule has 3 rings (SSSR count). The van der Waals surface area contributed by atoms with Crippen molar-refractivity contribution in [2.75, 3.05) is 0 Å². The smallest absolute Gasteiger partial charge is 0.0710 e. The Bertz CT molecular complexity index is 649. The number of nitriles is 1. The van der Waals surface area contributed by atoms with E-state index < -0.39 is 0 Å². The Morgan fingerprint density at radius 2 is 2.33 bits per heavy atom. The summed E-state index contributed by atoms with van der Waals surface area (Å²) in [5.41, 5.74) is 3.92. The highest BCUT2D eigenvalue weighted by atomic mass is 79.9. The molecular weight excluding hydrogens is 288 g/mol. The highest BCUT2D eigenvalue weighted by Crippen LogP contribution is 2.35. The monoisotopic (exact) mass is 302 g/mol. The van der Waals surface area contributed by atoms with Gasteiger partial charge in [-0.2, -0.15) is 5.26 Å². The Labute approximate surface area is 115 Å². The summed E-state index contributed by atoms with van der Waals surface area (Å²) in [5, 5.41) is 10.5. The van der Waals surface area contributed by atoms with E-state index in [1.54, 1.807) is 0 Å². The van der Waals surface area contributed by atoms with Crippen LogP contribution in [0.4, 0.5) is 0 Å². The maximum Gasteiger partial charge on any atom is 0.0710 e. The summed E-state index contributed by atoms with van der Waals surface area (Å²) in [6, 6.07) is 6.83. The van der Waals surface area contributed by atoms with E-state index >= 15 is 0 Å². The zero-order valence-corrected chi connectivity index (χ0v) is 12.0. The molecule has 1 aromatic heterocycles. The van der Waals surface area contributed by atoms with Gasteiger partial charge in [-0.25, -0.2) is 0 Å². The molecule has 1 atom stereocenters. The minimum absolute atomic E-state index is 0.0165. The summed E-state index contributed by atoms with van der Waals surface area (Å²) >= 11 is 3.64. The minimum atomic E-state index is 0.0165. The van der Waals surface area contributed by atoms with Crippen LogP contribution in [0, 0.1) is 11.3 Å². The Balaban J connectivity index is 2.27. The summed E-state index contributed by atoms with van der Waals surface area (Å²) in [7, 11) is 0.